The summed E-state index contributed by atoms with van der Waals surface area (Å²) in [7, 11) is 0. The molecule has 1 aliphatic heterocycles. The Bertz CT molecular complexity index is 1470. The monoisotopic (exact) mass is 660 g/mol. The molecule has 4 aliphatic rings. The Morgan fingerprint density at radius 2 is 1.71 bits per heavy atom. The van der Waals surface area contributed by atoms with Crippen LogP contribution in [0.25, 0.3) is 0 Å². The summed E-state index contributed by atoms with van der Waals surface area (Å²) in [6, 6.07) is 8.21. The number of fused-ring (bicyclic) bond motifs is 5. The van der Waals surface area contributed by atoms with E-state index in [4.69, 9.17) is 31.2 Å². The molecule has 9 atom stereocenters. The number of thiocarbonyl (C=S) groups is 1. The minimum Gasteiger partial charge on any atom is -0.455 e. The predicted molar refractivity (Wildman–Crippen MR) is 168 cm³/mol. The molecule has 0 radical (unpaired) electrons. The Labute approximate surface area is 272 Å². The SMILES string of the molecule is CSC(=S)[C@H]1CC2OCC2(OC(C)=O)C2C(OC(=O)c3ccccc3)C3(O)CC(O)C(C)=C(C(OC(C)=O)C(=O)[C@@]21C)C3(C)C. The molecular weight excluding hydrogens is 620 g/mol. The summed E-state index contributed by atoms with van der Waals surface area (Å²) in [6.45, 7) is 8.94. The molecule has 1 saturated heterocycles. The highest BCUT2D eigenvalue weighted by Crippen LogP contribution is 2.66. The maximum atomic E-state index is 15.3. The first-order valence-corrected chi connectivity index (χ1v) is 16.6. The number of hydrogen-bond donors (Lipinski definition) is 2. The first-order chi connectivity index (χ1) is 21.0. The zero-order valence-electron chi connectivity index (χ0n) is 26.4. The summed E-state index contributed by atoms with van der Waals surface area (Å²) in [5, 5.41) is 24.5. The lowest BCUT2D eigenvalue weighted by Crippen LogP contribution is -2.81. The van der Waals surface area contributed by atoms with Gasteiger partial charge in [0.25, 0.3) is 0 Å². The van der Waals surface area contributed by atoms with E-state index in [9.17, 15) is 24.6 Å². The van der Waals surface area contributed by atoms with E-state index in [0.717, 1.165) is 0 Å². The van der Waals surface area contributed by atoms with Crippen LogP contribution in [0.3, 0.4) is 0 Å². The average molecular weight is 661 g/mol. The van der Waals surface area contributed by atoms with Crippen LogP contribution in [-0.2, 0) is 33.3 Å². The van der Waals surface area contributed by atoms with E-state index in [-0.39, 0.29) is 30.6 Å². The first-order valence-electron chi connectivity index (χ1n) is 15.0. The molecule has 12 heteroatoms. The van der Waals surface area contributed by atoms with Crippen LogP contribution in [-0.4, -0.2) is 86.6 Å². The molecule has 10 nitrogen and oxygen atoms in total. The third-order valence-corrected chi connectivity index (χ3v) is 12.2. The molecular formula is C33H40O10S2. The third-order valence-electron chi connectivity index (χ3n) is 10.7. The van der Waals surface area contributed by atoms with Crippen LogP contribution in [0.1, 0.15) is 64.7 Å². The van der Waals surface area contributed by atoms with Gasteiger partial charge in [-0.25, -0.2) is 4.79 Å². The van der Waals surface area contributed by atoms with Gasteiger partial charge in [-0.05, 0) is 42.9 Å². The number of aliphatic hydroxyl groups excluding tert-OH is 1. The summed E-state index contributed by atoms with van der Waals surface area (Å²) in [5.41, 5.74) is -5.80. The van der Waals surface area contributed by atoms with Crippen molar-refractivity contribution in [3.05, 3.63) is 47.0 Å². The molecule has 0 amide bonds. The normalized spacial score (nSPS) is 38.4. The van der Waals surface area contributed by atoms with Crippen molar-refractivity contribution in [1.82, 2.24) is 0 Å². The van der Waals surface area contributed by atoms with Crippen molar-refractivity contribution in [3.8, 4) is 0 Å². The van der Waals surface area contributed by atoms with Crippen LogP contribution in [0, 0.1) is 22.7 Å². The molecule has 2 N–H and O–H groups in total. The number of hydrogen-bond acceptors (Lipinski definition) is 12. The van der Waals surface area contributed by atoms with Gasteiger partial charge in [-0.15, -0.1) is 11.8 Å². The Hall–Kier alpha value is -2.64. The number of carbonyl (C=O) groups is 4. The van der Waals surface area contributed by atoms with E-state index in [1.54, 1.807) is 64.3 Å². The molecule has 0 spiro atoms. The predicted octanol–water partition coefficient (Wildman–Crippen LogP) is 3.60. The summed E-state index contributed by atoms with van der Waals surface area (Å²) < 4.78 is 24.7. The highest BCUT2D eigenvalue weighted by Gasteiger charge is 2.78. The van der Waals surface area contributed by atoms with Crippen LogP contribution in [0.4, 0.5) is 0 Å². The van der Waals surface area contributed by atoms with Gasteiger partial charge in [0.15, 0.2) is 17.5 Å². The molecule has 1 heterocycles. The highest BCUT2D eigenvalue weighted by atomic mass is 32.2. The fourth-order valence-corrected chi connectivity index (χ4v) is 9.38. The number of rotatable bonds is 5. The lowest BCUT2D eigenvalue weighted by atomic mass is 9.43. The van der Waals surface area contributed by atoms with Crippen molar-refractivity contribution in [3.63, 3.8) is 0 Å². The van der Waals surface area contributed by atoms with Crippen molar-refractivity contribution < 1.29 is 48.3 Å². The molecule has 2 saturated carbocycles. The summed E-state index contributed by atoms with van der Waals surface area (Å²) in [5.74, 6) is -4.65. The quantitative estimate of drug-likeness (QED) is 0.206. The number of benzene rings is 1. The molecule has 3 aliphatic carbocycles. The lowest BCUT2D eigenvalue weighted by Gasteiger charge is -2.68. The fraction of sp³-hybridized carbons (Fsp3) is 0.606. The summed E-state index contributed by atoms with van der Waals surface area (Å²) in [6.07, 6.45) is -3.37. The van der Waals surface area contributed by atoms with E-state index >= 15 is 4.79 Å². The average Bonchev–Trinajstić information content (AvgIpc) is 2.96. The molecule has 7 unspecified atom stereocenters. The van der Waals surface area contributed by atoms with Gasteiger partial charge in [-0.3, -0.25) is 14.4 Å². The van der Waals surface area contributed by atoms with Crippen molar-refractivity contribution in [2.24, 2.45) is 22.7 Å². The van der Waals surface area contributed by atoms with Crippen molar-refractivity contribution in [2.45, 2.75) is 90.0 Å². The second-order valence-electron chi connectivity index (χ2n) is 13.3. The van der Waals surface area contributed by atoms with Crippen LogP contribution < -0.4 is 0 Å². The number of ketones is 1. The number of carbonyl (C=O) groups excluding carboxylic acids is 4. The van der Waals surface area contributed by atoms with Gasteiger partial charge >= 0.3 is 17.9 Å². The van der Waals surface area contributed by atoms with Gasteiger partial charge in [0.05, 0.1) is 28.4 Å². The topological polar surface area (TPSA) is 146 Å². The first kappa shape index (κ1) is 33.7. The molecule has 2 bridgehead atoms. The van der Waals surface area contributed by atoms with Crippen LogP contribution in [0.15, 0.2) is 41.5 Å². The highest BCUT2D eigenvalue weighted by molar-refractivity contribution is 8.22. The lowest BCUT2D eigenvalue weighted by molar-refractivity contribution is -0.337. The largest absolute Gasteiger partial charge is 0.455 e. The van der Waals surface area contributed by atoms with Crippen molar-refractivity contribution >= 4 is 51.9 Å². The standard InChI is InChI=1S/C33H40O10S2/c1-16-21(36)14-33(39)27(42-28(38)19-11-9-8-10-12-19)25-31(6,26(37)24(41-17(2)34)23(16)30(33,4)5)20(29(44)45-7)13-22-32(25,15-40-22)43-18(3)35/h8-12,20-22,24-25,27,36,39H,13-15H2,1-7H3/t20-,21?,22?,24?,25?,27?,31-,32?,33?/m1/s1. The maximum Gasteiger partial charge on any atom is 0.338 e. The minimum atomic E-state index is -2.06. The molecule has 45 heavy (non-hydrogen) atoms. The van der Waals surface area contributed by atoms with Gasteiger partial charge in [-0.2, -0.15) is 0 Å². The second-order valence-corrected chi connectivity index (χ2v) is 14.9. The van der Waals surface area contributed by atoms with E-state index in [1.165, 1.54) is 25.6 Å². The Morgan fingerprint density at radius 1 is 1.07 bits per heavy atom. The van der Waals surface area contributed by atoms with E-state index < -0.39 is 82.0 Å². The number of aliphatic hydroxyl groups is 2. The Balaban J connectivity index is 1.89. The van der Waals surface area contributed by atoms with Crippen LogP contribution >= 0.6 is 24.0 Å². The van der Waals surface area contributed by atoms with E-state index in [0.29, 0.717) is 9.77 Å². The fourth-order valence-electron chi connectivity index (χ4n) is 8.42. The Morgan fingerprint density at radius 3 is 2.24 bits per heavy atom. The number of esters is 3. The van der Waals surface area contributed by atoms with Crippen molar-refractivity contribution in [1.29, 1.82) is 0 Å². The van der Waals surface area contributed by atoms with Gasteiger partial charge in [0, 0.05) is 37.0 Å². The molecule has 1 aromatic carbocycles. The van der Waals surface area contributed by atoms with Crippen LogP contribution in [0.2, 0.25) is 0 Å². The number of Topliss-reactive ketones (excluding diaryl/α,β-unsaturated/α-hetero) is 1. The van der Waals surface area contributed by atoms with Crippen LogP contribution in [0.5, 0.6) is 0 Å². The molecule has 244 valence electrons. The summed E-state index contributed by atoms with van der Waals surface area (Å²) in [4.78, 5) is 54.6. The second kappa shape index (κ2) is 11.6. The van der Waals surface area contributed by atoms with Gasteiger partial charge in [0.1, 0.15) is 17.8 Å². The molecule has 3 fully saturated rings. The molecule has 1 aromatic rings. The zero-order chi connectivity index (χ0) is 33.3. The zero-order valence-corrected chi connectivity index (χ0v) is 28.1. The van der Waals surface area contributed by atoms with Gasteiger partial charge in [0.2, 0.25) is 0 Å². The number of ether oxygens (including phenoxy) is 4. The number of thioether (sulfide) groups is 1. The van der Waals surface area contributed by atoms with E-state index in [2.05, 4.69) is 0 Å². The minimum absolute atomic E-state index is 0.137. The van der Waals surface area contributed by atoms with E-state index in [1.807, 2.05) is 0 Å². The third kappa shape index (κ3) is 4.90. The van der Waals surface area contributed by atoms with Gasteiger partial charge < -0.3 is 29.2 Å². The molecule has 5 rings (SSSR count). The Kier molecular flexibility index (Phi) is 8.66. The van der Waals surface area contributed by atoms with Crippen molar-refractivity contribution in [2.75, 3.05) is 12.9 Å². The maximum absolute atomic E-state index is 15.3. The molecule has 0 aromatic heterocycles. The smallest absolute Gasteiger partial charge is 0.338 e. The summed E-state index contributed by atoms with van der Waals surface area (Å²) >= 11 is 7.12. The van der Waals surface area contributed by atoms with Gasteiger partial charge in [-0.1, -0.05) is 51.2 Å².